The molecule has 0 aromatic heterocycles. The molecule has 2 rings (SSSR count). The Morgan fingerprint density at radius 2 is 1.78 bits per heavy atom. The number of rotatable bonds is 2. The fourth-order valence-corrected chi connectivity index (χ4v) is 4.43. The first kappa shape index (κ1) is 13.9. The van der Waals surface area contributed by atoms with Crippen LogP contribution in [0, 0.1) is 17.8 Å². The molecule has 2 aliphatic rings. The van der Waals surface area contributed by atoms with Gasteiger partial charge in [-0.05, 0) is 51.9 Å². The van der Waals surface area contributed by atoms with E-state index in [-0.39, 0.29) is 17.0 Å². The van der Waals surface area contributed by atoms with E-state index in [1.54, 1.807) is 6.92 Å². The van der Waals surface area contributed by atoms with E-state index in [1.165, 1.54) is 11.8 Å². The summed E-state index contributed by atoms with van der Waals surface area (Å²) in [5, 5.41) is 0.632. The van der Waals surface area contributed by atoms with Gasteiger partial charge in [-0.3, -0.25) is 9.59 Å². The van der Waals surface area contributed by atoms with Gasteiger partial charge in [0.25, 0.3) is 0 Å². The molecule has 0 aromatic carbocycles. The average Bonchev–Trinajstić information content (AvgIpc) is 2.72. The number of hydrogen-bond acceptors (Lipinski definition) is 4. The van der Waals surface area contributed by atoms with Gasteiger partial charge in [0.2, 0.25) is 0 Å². The standard InChI is InChI=1S/C14H22O3S/c1-8(15)18-12-7-9-5-10(12)6-11(9)13(16)17-14(2,3)4/h9-12H,5-7H2,1-4H3. The Morgan fingerprint density at radius 3 is 2.22 bits per heavy atom. The van der Waals surface area contributed by atoms with Crippen molar-refractivity contribution in [3.63, 3.8) is 0 Å². The van der Waals surface area contributed by atoms with Crippen molar-refractivity contribution in [3.05, 3.63) is 0 Å². The molecule has 0 radical (unpaired) electrons. The van der Waals surface area contributed by atoms with Crippen molar-refractivity contribution in [1.82, 2.24) is 0 Å². The Hall–Kier alpha value is -0.510. The van der Waals surface area contributed by atoms with Crippen LogP contribution in [0.1, 0.15) is 47.0 Å². The zero-order chi connectivity index (χ0) is 13.5. The number of fused-ring (bicyclic) bond motifs is 2. The summed E-state index contributed by atoms with van der Waals surface area (Å²) in [5.41, 5.74) is -0.396. The van der Waals surface area contributed by atoms with Crippen molar-refractivity contribution in [1.29, 1.82) is 0 Å². The van der Waals surface area contributed by atoms with Gasteiger partial charge in [-0.15, -0.1) is 0 Å². The molecule has 0 aliphatic heterocycles. The molecule has 4 unspecified atom stereocenters. The summed E-state index contributed by atoms with van der Waals surface area (Å²) >= 11 is 1.46. The van der Waals surface area contributed by atoms with Crippen LogP contribution in [0.15, 0.2) is 0 Å². The summed E-state index contributed by atoms with van der Waals surface area (Å²) in [6, 6.07) is 0. The number of carbonyl (C=O) groups excluding carboxylic acids is 2. The number of hydrogen-bond donors (Lipinski definition) is 0. The van der Waals surface area contributed by atoms with E-state index in [9.17, 15) is 9.59 Å². The molecule has 2 bridgehead atoms. The molecule has 0 saturated heterocycles. The topological polar surface area (TPSA) is 43.4 Å². The average molecular weight is 270 g/mol. The summed E-state index contributed by atoms with van der Waals surface area (Å²) < 4.78 is 5.48. The molecule has 2 fully saturated rings. The third-order valence-electron chi connectivity index (χ3n) is 3.82. The molecule has 3 nitrogen and oxygen atoms in total. The van der Waals surface area contributed by atoms with Gasteiger partial charge in [0, 0.05) is 12.2 Å². The first-order chi connectivity index (χ1) is 8.26. The lowest BCUT2D eigenvalue weighted by atomic mass is 9.88. The molecular formula is C14H22O3S. The van der Waals surface area contributed by atoms with Crippen LogP contribution in [-0.2, 0) is 14.3 Å². The second-order valence-electron chi connectivity index (χ2n) is 6.52. The fraction of sp³-hybridized carbons (Fsp3) is 0.857. The van der Waals surface area contributed by atoms with Crippen molar-refractivity contribution >= 4 is 22.8 Å². The lowest BCUT2D eigenvalue weighted by Gasteiger charge is -2.28. The monoisotopic (exact) mass is 270 g/mol. The minimum absolute atomic E-state index is 0.0405. The maximum absolute atomic E-state index is 12.1. The third-order valence-corrected chi connectivity index (χ3v) is 5.03. The summed E-state index contributed by atoms with van der Waals surface area (Å²) in [6.45, 7) is 7.35. The molecule has 0 aromatic rings. The fourth-order valence-electron chi connectivity index (χ4n) is 3.25. The van der Waals surface area contributed by atoms with E-state index in [0.717, 1.165) is 19.3 Å². The van der Waals surface area contributed by atoms with Crippen LogP contribution < -0.4 is 0 Å². The number of ether oxygens (including phenoxy) is 1. The molecule has 0 N–H and O–H groups in total. The normalized spacial score (nSPS) is 34.7. The van der Waals surface area contributed by atoms with Crippen LogP contribution in [0.25, 0.3) is 0 Å². The predicted molar refractivity (Wildman–Crippen MR) is 72.2 cm³/mol. The lowest BCUT2D eigenvalue weighted by Crippen LogP contribution is -2.33. The predicted octanol–water partition coefficient (Wildman–Crippen LogP) is 3.02. The molecule has 102 valence electrons. The number of carbonyl (C=O) groups is 2. The van der Waals surface area contributed by atoms with E-state index >= 15 is 0 Å². The molecule has 0 amide bonds. The zero-order valence-corrected chi connectivity index (χ0v) is 12.4. The first-order valence-electron chi connectivity index (χ1n) is 6.66. The summed E-state index contributed by atoms with van der Waals surface area (Å²) in [7, 11) is 0. The highest BCUT2D eigenvalue weighted by Gasteiger charge is 2.50. The Labute approximate surface area is 113 Å². The van der Waals surface area contributed by atoms with Crippen LogP contribution in [-0.4, -0.2) is 21.9 Å². The van der Waals surface area contributed by atoms with Crippen LogP contribution >= 0.6 is 11.8 Å². The molecule has 0 spiro atoms. The zero-order valence-electron chi connectivity index (χ0n) is 11.6. The summed E-state index contributed by atoms with van der Waals surface area (Å²) in [4.78, 5) is 23.2. The van der Waals surface area contributed by atoms with Gasteiger partial charge in [0.1, 0.15) is 5.60 Å². The van der Waals surface area contributed by atoms with Crippen molar-refractivity contribution < 1.29 is 14.3 Å². The van der Waals surface area contributed by atoms with Gasteiger partial charge in [-0.25, -0.2) is 0 Å². The summed E-state index contributed by atoms with van der Waals surface area (Å²) in [6.07, 6.45) is 3.00. The summed E-state index contributed by atoms with van der Waals surface area (Å²) in [5.74, 6) is 0.988. The van der Waals surface area contributed by atoms with Gasteiger partial charge in [-0.1, -0.05) is 11.8 Å². The van der Waals surface area contributed by atoms with Crippen molar-refractivity contribution in [2.24, 2.45) is 17.8 Å². The van der Waals surface area contributed by atoms with Gasteiger partial charge < -0.3 is 4.74 Å². The largest absolute Gasteiger partial charge is 0.460 e. The van der Waals surface area contributed by atoms with E-state index in [1.807, 2.05) is 20.8 Å². The van der Waals surface area contributed by atoms with Crippen LogP contribution in [0.4, 0.5) is 0 Å². The highest BCUT2D eigenvalue weighted by atomic mass is 32.2. The third kappa shape index (κ3) is 3.08. The lowest BCUT2D eigenvalue weighted by molar-refractivity contribution is -0.161. The molecule has 4 heteroatoms. The smallest absolute Gasteiger partial charge is 0.309 e. The number of esters is 1. The maximum atomic E-state index is 12.1. The van der Waals surface area contributed by atoms with Crippen LogP contribution in [0.3, 0.4) is 0 Å². The molecule has 4 atom stereocenters. The highest BCUT2D eigenvalue weighted by Crippen LogP contribution is 2.53. The van der Waals surface area contributed by atoms with E-state index in [0.29, 0.717) is 17.1 Å². The molecule has 2 saturated carbocycles. The molecular weight excluding hydrogens is 248 g/mol. The highest BCUT2D eigenvalue weighted by molar-refractivity contribution is 8.14. The Balaban J connectivity index is 1.91. The van der Waals surface area contributed by atoms with Crippen molar-refractivity contribution in [2.75, 3.05) is 0 Å². The van der Waals surface area contributed by atoms with E-state index in [4.69, 9.17) is 4.74 Å². The molecule has 0 heterocycles. The Bertz CT molecular complexity index is 359. The first-order valence-corrected chi connectivity index (χ1v) is 7.54. The molecule has 2 aliphatic carbocycles. The second kappa shape index (κ2) is 4.87. The van der Waals surface area contributed by atoms with Crippen molar-refractivity contribution in [3.8, 4) is 0 Å². The number of thioether (sulfide) groups is 1. The second-order valence-corrected chi connectivity index (χ2v) is 7.93. The van der Waals surface area contributed by atoms with E-state index < -0.39 is 5.60 Å². The Kier molecular flexibility index (Phi) is 3.77. The van der Waals surface area contributed by atoms with Gasteiger partial charge in [-0.2, -0.15) is 0 Å². The molecule has 18 heavy (non-hydrogen) atoms. The van der Waals surface area contributed by atoms with Gasteiger partial charge in [0.05, 0.1) is 5.92 Å². The Morgan fingerprint density at radius 1 is 1.11 bits per heavy atom. The van der Waals surface area contributed by atoms with Crippen molar-refractivity contribution in [2.45, 2.75) is 57.8 Å². The van der Waals surface area contributed by atoms with Gasteiger partial charge >= 0.3 is 5.97 Å². The minimum atomic E-state index is -0.396. The SMILES string of the molecule is CC(=O)SC1CC2CC1CC2C(=O)OC(C)(C)C. The quantitative estimate of drug-likeness (QED) is 0.723. The van der Waals surface area contributed by atoms with Crippen LogP contribution in [0.2, 0.25) is 0 Å². The minimum Gasteiger partial charge on any atom is -0.460 e. The van der Waals surface area contributed by atoms with E-state index in [2.05, 4.69) is 0 Å². The maximum Gasteiger partial charge on any atom is 0.309 e. The van der Waals surface area contributed by atoms with Gasteiger partial charge in [0.15, 0.2) is 5.12 Å². The van der Waals surface area contributed by atoms with Crippen LogP contribution in [0.5, 0.6) is 0 Å².